The molecule has 20 heavy (non-hydrogen) atoms. The Balaban J connectivity index is 2.50. The van der Waals surface area contributed by atoms with Crippen LogP contribution in [0.3, 0.4) is 0 Å². The molecule has 1 saturated carbocycles. The molecular weight excluding hydrogens is 276 g/mol. The highest BCUT2D eigenvalue weighted by Gasteiger charge is 2.27. The zero-order chi connectivity index (χ0) is 15.0. The van der Waals surface area contributed by atoms with Crippen molar-refractivity contribution in [1.82, 2.24) is 9.03 Å². The van der Waals surface area contributed by atoms with E-state index in [4.69, 9.17) is 5.11 Å². The van der Waals surface area contributed by atoms with E-state index >= 15 is 0 Å². The minimum Gasteiger partial charge on any atom is -0.396 e. The van der Waals surface area contributed by atoms with Gasteiger partial charge in [-0.15, -0.1) is 0 Å². The van der Waals surface area contributed by atoms with Gasteiger partial charge in [0.05, 0.1) is 0 Å². The predicted octanol–water partition coefficient (Wildman–Crippen LogP) is 1.88. The summed E-state index contributed by atoms with van der Waals surface area (Å²) < 4.78 is 28.8. The first-order valence-electron chi connectivity index (χ1n) is 7.84. The van der Waals surface area contributed by atoms with E-state index in [1.54, 1.807) is 7.05 Å². The molecule has 0 spiro atoms. The van der Waals surface area contributed by atoms with Gasteiger partial charge < -0.3 is 5.11 Å². The molecule has 0 aromatic rings. The van der Waals surface area contributed by atoms with Gasteiger partial charge in [-0.1, -0.05) is 32.6 Å². The lowest BCUT2D eigenvalue weighted by Gasteiger charge is -2.30. The van der Waals surface area contributed by atoms with Crippen LogP contribution in [0.25, 0.3) is 0 Å². The molecule has 1 rings (SSSR count). The lowest BCUT2D eigenvalue weighted by Crippen LogP contribution is -2.46. The minimum atomic E-state index is -3.39. The van der Waals surface area contributed by atoms with Crippen molar-refractivity contribution in [1.29, 1.82) is 0 Å². The van der Waals surface area contributed by atoms with Gasteiger partial charge in [-0.3, -0.25) is 0 Å². The Labute approximate surface area is 123 Å². The molecular formula is C14H30N2O3S. The maximum atomic E-state index is 12.3. The van der Waals surface area contributed by atoms with E-state index in [0.29, 0.717) is 13.0 Å². The van der Waals surface area contributed by atoms with Crippen molar-refractivity contribution in [3.8, 4) is 0 Å². The molecule has 1 unspecified atom stereocenters. The van der Waals surface area contributed by atoms with Gasteiger partial charge in [-0.25, -0.2) is 4.72 Å². The van der Waals surface area contributed by atoms with Crippen molar-refractivity contribution in [2.45, 2.75) is 64.3 Å². The van der Waals surface area contributed by atoms with E-state index in [9.17, 15) is 8.42 Å². The van der Waals surface area contributed by atoms with Gasteiger partial charge in [0.1, 0.15) is 0 Å². The molecule has 0 bridgehead atoms. The first kappa shape index (κ1) is 17.9. The maximum absolute atomic E-state index is 12.3. The molecule has 1 aliphatic rings. The van der Waals surface area contributed by atoms with Gasteiger partial charge in [0.25, 0.3) is 10.2 Å². The summed E-state index contributed by atoms with van der Waals surface area (Å²) in [5, 5.41) is 9.02. The van der Waals surface area contributed by atoms with Crippen molar-refractivity contribution in [2.75, 3.05) is 20.2 Å². The van der Waals surface area contributed by atoms with Crippen LogP contribution in [0.2, 0.25) is 0 Å². The van der Waals surface area contributed by atoms with Gasteiger partial charge >= 0.3 is 0 Å². The molecule has 6 heteroatoms. The fourth-order valence-electron chi connectivity index (χ4n) is 2.91. The number of nitrogens with zero attached hydrogens (tertiary/aromatic N) is 1. The van der Waals surface area contributed by atoms with Crippen molar-refractivity contribution in [2.24, 2.45) is 5.92 Å². The van der Waals surface area contributed by atoms with Crippen LogP contribution >= 0.6 is 0 Å². The SMILES string of the molecule is CCCC(CCO)CNS(=O)(=O)N(C)C1CCCCC1. The lowest BCUT2D eigenvalue weighted by atomic mass is 9.96. The summed E-state index contributed by atoms with van der Waals surface area (Å²) in [6, 6.07) is 0.142. The van der Waals surface area contributed by atoms with Crippen LogP contribution in [0.15, 0.2) is 0 Å². The molecule has 0 amide bonds. The van der Waals surface area contributed by atoms with Crippen LogP contribution in [-0.2, 0) is 10.2 Å². The Morgan fingerprint density at radius 1 is 1.25 bits per heavy atom. The summed E-state index contributed by atoms with van der Waals surface area (Å²) in [6.45, 7) is 2.62. The zero-order valence-corrected chi connectivity index (χ0v) is 13.7. The molecule has 1 atom stereocenters. The molecule has 1 fully saturated rings. The summed E-state index contributed by atoms with van der Waals surface area (Å²) >= 11 is 0. The number of aliphatic hydroxyl groups is 1. The summed E-state index contributed by atoms with van der Waals surface area (Å²) in [7, 11) is -1.71. The van der Waals surface area contributed by atoms with Gasteiger partial charge in [0.2, 0.25) is 0 Å². The average molecular weight is 306 g/mol. The Morgan fingerprint density at radius 3 is 2.45 bits per heavy atom. The fraction of sp³-hybridized carbons (Fsp3) is 1.00. The number of nitrogens with one attached hydrogen (secondary N) is 1. The highest BCUT2D eigenvalue weighted by atomic mass is 32.2. The van der Waals surface area contributed by atoms with Gasteiger partial charge in [-0.05, 0) is 31.6 Å². The first-order valence-corrected chi connectivity index (χ1v) is 9.28. The fourth-order valence-corrected chi connectivity index (χ4v) is 4.16. The number of aliphatic hydroxyl groups excluding tert-OH is 1. The first-order chi connectivity index (χ1) is 9.51. The van der Waals surface area contributed by atoms with Gasteiger partial charge in [-0.2, -0.15) is 12.7 Å². The third kappa shape index (κ3) is 5.68. The van der Waals surface area contributed by atoms with E-state index in [1.807, 2.05) is 0 Å². The molecule has 0 radical (unpaired) electrons. The third-order valence-corrected chi connectivity index (χ3v) is 5.84. The quantitative estimate of drug-likeness (QED) is 0.683. The normalized spacial score (nSPS) is 19.4. The average Bonchev–Trinajstić information content (AvgIpc) is 2.45. The lowest BCUT2D eigenvalue weighted by molar-refractivity contribution is 0.249. The third-order valence-electron chi connectivity index (χ3n) is 4.26. The second kappa shape index (κ2) is 8.97. The van der Waals surface area contributed by atoms with Crippen LogP contribution in [0.5, 0.6) is 0 Å². The number of rotatable bonds is 9. The van der Waals surface area contributed by atoms with Crippen LogP contribution in [0, 0.1) is 5.92 Å². The van der Waals surface area contributed by atoms with Crippen molar-refractivity contribution < 1.29 is 13.5 Å². The van der Waals surface area contributed by atoms with E-state index in [1.165, 1.54) is 10.7 Å². The molecule has 0 heterocycles. The Bertz CT molecular complexity index is 347. The van der Waals surface area contributed by atoms with E-state index in [0.717, 1.165) is 38.5 Å². The van der Waals surface area contributed by atoms with E-state index in [2.05, 4.69) is 11.6 Å². The molecule has 5 nitrogen and oxygen atoms in total. The molecule has 1 aliphatic carbocycles. The van der Waals surface area contributed by atoms with Gasteiger partial charge in [0.15, 0.2) is 0 Å². The highest BCUT2D eigenvalue weighted by Crippen LogP contribution is 2.23. The Morgan fingerprint density at radius 2 is 1.90 bits per heavy atom. The van der Waals surface area contributed by atoms with Gasteiger partial charge in [0, 0.05) is 26.2 Å². The topological polar surface area (TPSA) is 69.6 Å². The number of hydrogen-bond donors (Lipinski definition) is 2. The minimum absolute atomic E-state index is 0.116. The molecule has 0 aromatic carbocycles. The molecule has 0 aliphatic heterocycles. The van der Waals surface area contributed by atoms with Crippen LogP contribution in [0.1, 0.15) is 58.3 Å². The van der Waals surface area contributed by atoms with Crippen LogP contribution in [0.4, 0.5) is 0 Å². The molecule has 2 N–H and O–H groups in total. The summed E-state index contributed by atoms with van der Waals surface area (Å²) in [6.07, 6.45) is 7.98. The van der Waals surface area contributed by atoms with E-state index in [-0.39, 0.29) is 18.6 Å². The Kier molecular flexibility index (Phi) is 8.02. The molecule has 0 saturated heterocycles. The smallest absolute Gasteiger partial charge is 0.279 e. The van der Waals surface area contributed by atoms with Crippen molar-refractivity contribution in [3.05, 3.63) is 0 Å². The summed E-state index contributed by atoms with van der Waals surface area (Å²) in [5.74, 6) is 0.222. The van der Waals surface area contributed by atoms with E-state index < -0.39 is 10.2 Å². The zero-order valence-electron chi connectivity index (χ0n) is 12.8. The predicted molar refractivity (Wildman–Crippen MR) is 81.7 cm³/mol. The second-order valence-corrected chi connectivity index (χ2v) is 7.64. The highest BCUT2D eigenvalue weighted by molar-refractivity contribution is 7.87. The van der Waals surface area contributed by atoms with Crippen LogP contribution < -0.4 is 4.72 Å². The summed E-state index contributed by atoms with van der Waals surface area (Å²) in [5.41, 5.74) is 0. The largest absolute Gasteiger partial charge is 0.396 e. The monoisotopic (exact) mass is 306 g/mol. The van der Waals surface area contributed by atoms with Crippen molar-refractivity contribution >= 4 is 10.2 Å². The summed E-state index contributed by atoms with van der Waals surface area (Å²) in [4.78, 5) is 0. The van der Waals surface area contributed by atoms with Crippen molar-refractivity contribution in [3.63, 3.8) is 0 Å². The molecule has 120 valence electrons. The second-order valence-electron chi connectivity index (χ2n) is 5.83. The number of hydrogen-bond acceptors (Lipinski definition) is 3. The standard InChI is InChI=1S/C14H30N2O3S/c1-3-7-13(10-11-17)12-15-20(18,19)16(2)14-8-5-4-6-9-14/h13-15,17H,3-12H2,1-2H3. The molecule has 0 aromatic heterocycles. The Hall–Kier alpha value is -0.170. The maximum Gasteiger partial charge on any atom is 0.279 e. The van der Waals surface area contributed by atoms with Crippen LogP contribution in [-0.4, -0.2) is 44.1 Å².